The van der Waals surface area contributed by atoms with Crippen LogP contribution in [0.4, 0.5) is 22.7 Å². The Labute approximate surface area is 152 Å². The predicted octanol–water partition coefficient (Wildman–Crippen LogP) is 3.84. The number of nitro groups is 1. The molecule has 4 N–H and O–H groups in total. The fourth-order valence-electron chi connectivity index (χ4n) is 2.22. The smallest absolute Gasteiger partial charge is 0.269 e. The zero-order chi connectivity index (χ0) is 18.8. The van der Waals surface area contributed by atoms with E-state index in [2.05, 4.69) is 16.7 Å². The van der Waals surface area contributed by atoms with Gasteiger partial charge >= 0.3 is 0 Å². The molecule has 0 aliphatic heterocycles. The molecule has 7 nitrogen and oxygen atoms in total. The van der Waals surface area contributed by atoms with Crippen molar-refractivity contribution in [3.63, 3.8) is 0 Å². The van der Waals surface area contributed by atoms with Gasteiger partial charge in [-0.1, -0.05) is 36.4 Å². The monoisotopic (exact) mass is 351 g/mol. The molecule has 0 fully saturated rings. The van der Waals surface area contributed by atoms with E-state index in [9.17, 15) is 10.1 Å². The summed E-state index contributed by atoms with van der Waals surface area (Å²) in [5.74, 6) is 4.60. The first kappa shape index (κ1) is 18.9. The van der Waals surface area contributed by atoms with Crippen LogP contribution in [0.3, 0.4) is 0 Å². The van der Waals surface area contributed by atoms with E-state index in [1.54, 1.807) is 19.2 Å². The van der Waals surface area contributed by atoms with Crippen LogP contribution in [0.2, 0.25) is 0 Å². The molecule has 3 aromatic carbocycles. The van der Waals surface area contributed by atoms with Crippen LogP contribution in [0, 0.1) is 10.1 Å². The summed E-state index contributed by atoms with van der Waals surface area (Å²) in [6.07, 6.45) is 0. The van der Waals surface area contributed by atoms with E-state index < -0.39 is 4.92 Å². The lowest BCUT2D eigenvalue weighted by atomic mass is 10.2. The van der Waals surface area contributed by atoms with E-state index in [1.165, 1.54) is 12.1 Å². The van der Waals surface area contributed by atoms with Crippen molar-refractivity contribution in [1.29, 1.82) is 0 Å². The van der Waals surface area contributed by atoms with Crippen LogP contribution in [-0.4, -0.2) is 12.0 Å². The summed E-state index contributed by atoms with van der Waals surface area (Å²) >= 11 is 0. The lowest BCUT2D eigenvalue weighted by Crippen LogP contribution is -2.24. The number of hydrogen-bond acceptors (Lipinski definition) is 6. The van der Waals surface area contributed by atoms with E-state index in [0.29, 0.717) is 0 Å². The summed E-state index contributed by atoms with van der Waals surface area (Å²) in [6, 6.07) is 26.1. The molecule has 0 spiro atoms. The van der Waals surface area contributed by atoms with Crippen molar-refractivity contribution in [2.24, 2.45) is 5.84 Å². The van der Waals surface area contributed by atoms with Gasteiger partial charge in [0, 0.05) is 12.1 Å². The maximum Gasteiger partial charge on any atom is 0.269 e. The quantitative estimate of drug-likeness (QED) is 0.367. The Balaban J connectivity index is 0.000000758. The molecule has 7 heteroatoms. The highest BCUT2D eigenvalue weighted by molar-refractivity contribution is 5.68. The van der Waals surface area contributed by atoms with Crippen LogP contribution in [0.1, 0.15) is 0 Å². The van der Waals surface area contributed by atoms with Gasteiger partial charge in [-0.3, -0.25) is 31.8 Å². The Morgan fingerprint density at radius 3 is 1.65 bits per heavy atom. The first-order chi connectivity index (χ1) is 12.7. The summed E-state index contributed by atoms with van der Waals surface area (Å²) in [5, 5.41) is 12.7. The molecule has 0 aliphatic carbocycles. The summed E-state index contributed by atoms with van der Waals surface area (Å²) in [5.41, 5.74) is 8.32. The lowest BCUT2D eigenvalue weighted by molar-refractivity contribution is -0.384. The third-order valence-corrected chi connectivity index (χ3v) is 3.35. The van der Waals surface area contributed by atoms with Gasteiger partial charge in [0.05, 0.1) is 22.0 Å². The van der Waals surface area contributed by atoms with E-state index in [-0.39, 0.29) is 5.69 Å². The molecular weight excluding hydrogens is 330 g/mol. The number of anilines is 3. The zero-order valence-corrected chi connectivity index (χ0v) is 14.4. The number of hydrogen-bond donors (Lipinski definition) is 3. The fraction of sp³-hybridized carbons (Fsp3) is 0.0526. The number of benzene rings is 3. The summed E-state index contributed by atoms with van der Waals surface area (Å²) in [7, 11) is 1.65. The first-order valence-corrected chi connectivity index (χ1v) is 7.94. The van der Waals surface area contributed by atoms with E-state index in [4.69, 9.17) is 0 Å². The molecule has 0 amide bonds. The van der Waals surface area contributed by atoms with Crippen molar-refractivity contribution in [3.8, 4) is 0 Å². The summed E-state index contributed by atoms with van der Waals surface area (Å²) in [6.45, 7) is 0. The van der Waals surface area contributed by atoms with Gasteiger partial charge in [-0.15, -0.1) is 0 Å². The van der Waals surface area contributed by atoms with Crippen molar-refractivity contribution in [1.82, 2.24) is 5.43 Å². The Kier molecular flexibility index (Phi) is 7.11. The van der Waals surface area contributed by atoms with Crippen molar-refractivity contribution < 1.29 is 4.92 Å². The van der Waals surface area contributed by atoms with Crippen LogP contribution in [-0.2, 0) is 0 Å². The Hall–Kier alpha value is -3.42. The van der Waals surface area contributed by atoms with Crippen LogP contribution < -0.4 is 21.7 Å². The number of para-hydroxylation sites is 2. The van der Waals surface area contributed by atoms with Gasteiger partial charge in [0.25, 0.3) is 5.69 Å². The largest absolute Gasteiger partial charge is 0.294 e. The average Bonchev–Trinajstić information content (AvgIpc) is 2.68. The fourth-order valence-corrected chi connectivity index (χ4v) is 2.22. The van der Waals surface area contributed by atoms with Gasteiger partial charge in [-0.2, -0.15) is 0 Å². The number of nitrogens with two attached hydrogens (primary N) is 1. The molecule has 0 aromatic heterocycles. The standard InChI is InChI=1S/C18H15N3O2.CH6N2/c22-21(23)18-13-11-15(12-14-18)19-20(16-7-3-1-4-8-16)17-9-5-2-6-10-17;1-3-2/h1-14,19H;3H,2H2,1H3. The SMILES string of the molecule is CNN.O=[N+]([O-])c1ccc(NN(c2ccccc2)c2ccccc2)cc1. The molecule has 0 bridgehead atoms. The van der Waals surface area contributed by atoms with Crippen molar-refractivity contribution >= 4 is 22.7 Å². The molecule has 0 atom stereocenters. The summed E-state index contributed by atoms with van der Waals surface area (Å²) in [4.78, 5) is 10.3. The molecule has 134 valence electrons. The van der Waals surface area contributed by atoms with E-state index >= 15 is 0 Å². The highest BCUT2D eigenvalue weighted by Gasteiger charge is 2.10. The third-order valence-electron chi connectivity index (χ3n) is 3.35. The minimum atomic E-state index is -0.407. The van der Waals surface area contributed by atoms with Crippen LogP contribution in [0.25, 0.3) is 0 Å². The van der Waals surface area contributed by atoms with Crippen LogP contribution in [0.5, 0.6) is 0 Å². The normalized spacial score (nSPS) is 9.62. The van der Waals surface area contributed by atoms with Crippen LogP contribution in [0.15, 0.2) is 84.9 Å². The molecule has 3 rings (SSSR count). The molecule has 26 heavy (non-hydrogen) atoms. The minimum absolute atomic E-state index is 0.0709. The van der Waals surface area contributed by atoms with Crippen molar-refractivity contribution in [3.05, 3.63) is 95.0 Å². The predicted molar refractivity (Wildman–Crippen MR) is 105 cm³/mol. The second-order valence-electron chi connectivity index (χ2n) is 5.21. The molecule has 0 aliphatic rings. The molecule has 0 radical (unpaired) electrons. The molecule has 0 saturated carbocycles. The number of nitro benzene ring substituents is 1. The average molecular weight is 351 g/mol. The molecular formula is C19H21N5O2. The van der Waals surface area contributed by atoms with Crippen molar-refractivity contribution in [2.75, 3.05) is 17.5 Å². The van der Waals surface area contributed by atoms with E-state index in [0.717, 1.165) is 17.1 Å². The molecule has 0 saturated heterocycles. The number of non-ortho nitro benzene ring substituents is 1. The number of nitrogens with one attached hydrogen (secondary N) is 2. The Bertz CT molecular complexity index is 756. The second-order valence-corrected chi connectivity index (χ2v) is 5.21. The molecule has 0 heterocycles. The Morgan fingerprint density at radius 1 is 0.846 bits per heavy atom. The maximum atomic E-state index is 10.8. The third kappa shape index (κ3) is 5.30. The minimum Gasteiger partial charge on any atom is -0.294 e. The lowest BCUT2D eigenvalue weighted by Gasteiger charge is -2.26. The number of rotatable bonds is 5. The highest BCUT2D eigenvalue weighted by atomic mass is 16.6. The van der Waals surface area contributed by atoms with Gasteiger partial charge in [-0.05, 0) is 43.4 Å². The molecule has 3 aromatic rings. The first-order valence-electron chi connectivity index (χ1n) is 7.94. The number of hydrazine groups is 2. The van der Waals surface area contributed by atoms with Crippen LogP contribution >= 0.6 is 0 Å². The Morgan fingerprint density at radius 2 is 1.27 bits per heavy atom. The van der Waals surface area contributed by atoms with Gasteiger partial charge < -0.3 is 0 Å². The van der Waals surface area contributed by atoms with Gasteiger partial charge in [0.2, 0.25) is 0 Å². The molecule has 0 unspecified atom stereocenters. The second kappa shape index (κ2) is 9.77. The number of nitrogens with zero attached hydrogens (tertiary/aromatic N) is 2. The van der Waals surface area contributed by atoms with Crippen molar-refractivity contribution in [2.45, 2.75) is 0 Å². The van der Waals surface area contributed by atoms with E-state index in [1.807, 2.05) is 65.7 Å². The van der Waals surface area contributed by atoms with Gasteiger partial charge in [0.1, 0.15) is 0 Å². The maximum absolute atomic E-state index is 10.8. The van der Waals surface area contributed by atoms with Gasteiger partial charge in [0.15, 0.2) is 0 Å². The van der Waals surface area contributed by atoms with Gasteiger partial charge in [-0.25, -0.2) is 0 Å². The zero-order valence-electron chi connectivity index (χ0n) is 14.4. The topological polar surface area (TPSA) is 96.5 Å². The highest BCUT2D eigenvalue weighted by Crippen LogP contribution is 2.26. The summed E-state index contributed by atoms with van der Waals surface area (Å²) < 4.78 is 0.